The lowest BCUT2D eigenvalue weighted by Crippen LogP contribution is -2.34. The minimum Gasteiger partial charge on any atom is -0.395 e. The second kappa shape index (κ2) is 4.70. The second-order valence-electron chi connectivity index (χ2n) is 4.14. The van der Waals surface area contributed by atoms with Gasteiger partial charge in [-0.3, -0.25) is 4.79 Å². The maximum absolute atomic E-state index is 12.2. The van der Waals surface area contributed by atoms with Crippen molar-refractivity contribution in [2.75, 3.05) is 19.7 Å². The maximum atomic E-state index is 12.2. The highest BCUT2D eigenvalue weighted by Gasteiger charge is 2.27. The van der Waals surface area contributed by atoms with Crippen LogP contribution in [0.2, 0.25) is 0 Å². The summed E-state index contributed by atoms with van der Waals surface area (Å²) >= 11 is 0. The zero-order valence-electron chi connectivity index (χ0n) is 9.59. The summed E-state index contributed by atoms with van der Waals surface area (Å²) in [6.45, 7) is 2.99. The summed E-state index contributed by atoms with van der Waals surface area (Å²) in [5.41, 5.74) is 0.748. The van der Waals surface area contributed by atoms with Crippen LogP contribution in [0, 0.1) is 0 Å². The quantitative estimate of drug-likeness (QED) is 0.815. The number of amides is 1. The molecule has 1 aromatic rings. The average molecular weight is 222 g/mol. The fraction of sp³-hybridized carbons (Fsp3) is 0.583. The van der Waals surface area contributed by atoms with Gasteiger partial charge in [0.05, 0.1) is 6.61 Å². The molecule has 0 unspecified atom stereocenters. The van der Waals surface area contributed by atoms with Crippen LogP contribution in [-0.4, -0.2) is 40.2 Å². The van der Waals surface area contributed by atoms with Crippen LogP contribution < -0.4 is 0 Å². The topological polar surface area (TPSA) is 45.5 Å². The molecule has 16 heavy (non-hydrogen) atoms. The summed E-state index contributed by atoms with van der Waals surface area (Å²) in [6, 6.07) is 4.29. The Labute approximate surface area is 95.5 Å². The molecule has 88 valence electrons. The van der Waals surface area contributed by atoms with Gasteiger partial charge in [0.15, 0.2) is 0 Å². The van der Waals surface area contributed by atoms with E-state index in [4.69, 9.17) is 5.11 Å². The Morgan fingerprint density at radius 2 is 2.38 bits per heavy atom. The minimum absolute atomic E-state index is 0.0176. The van der Waals surface area contributed by atoms with Crippen LogP contribution in [0.5, 0.6) is 0 Å². The third-order valence-corrected chi connectivity index (χ3v) is 2.98. The van der Waals surface area contributed by atoms with Gasteiger partial charge < -0.3 is 14.6 Å². The van der Waals surface area contributed by atoms with Crippen molar-refractivity contribution in [1.29, 1.82) is 0 Å². The summed E-state index contributed by atoms with van der Waals surface area (Å²) in [7, 11) is 0. The van der Waals surface area contributed by atoms with E-state index in [0.29, 0.717) is 19.1 Å². The van der Waals surface area contributed by atoms with Gasteiger partial charge in [-0.1, -0.05) is 0 Å². The lowest BCUT2D eigenvalue weighted by Gasteiger charge is -2.20. The van der Waals surface area contributed by atoms with E-state index in [1.165, 1.54) is 12.8 Å². The van der Waals surface area contributed by atoms with E-state index >= 15 is 0 Å². The van der Waals surface area contributed by atoms with E-state index in [1.807, 2.05) is 25.3 Å². The molecule has 4 heteroatoms. The Morgan fingerprint density at radius 3 is 2.94 bits per heavy atom. The lowest BCUT2D eigenvalue weighted by atomic mass is 10.3. The van der Waals surface area contributed by atoms with E-state index in [0.717, 1.165) is 5.69 Å². The molecule has 4 nitrogen and oxygen atoms in total. The highest BCUT2D eigenvalue weighted by Crippen LogP contribution is 2.36. The van der Waals surface area contributed by atoms with Crippen molar-refractivity contribution in [1.82, 2.24) is 9.47 Å². The van der Waals surface area contributed by atoms with Gasteiger partial charge >= 0.3 is 0 Å². The zero-order valence-corrected chi connectivity index (χ0v) is 9.59. The van der Waals surface area contributed by atoms with Gasteiger partial charge in [0.2, 0.25) is 0 Å². The van der Waals surface area contributed by atoms with Gasteiger partial charge in [0, 0.05) is 25.3 Å². The predicted molar refractivity (Wildman–Crippen MR) is 61.4 cm³/mol. The Morgan fingerprint density at radius 1 is 1.62 bits per heavy atom. The first-order valence-corrected chi connectivity index (χ1v) is 5.85. The number of aliphatic hydroxyl groups is 1. The molecule has 0 radical (unpaired) electrons. The molecule has 0 saturated heterocycles. The number of carbonyl (C=O) groups excluding carboxylic acids is 1. The summed E-state index contributed by atoms with van der Waals surface area (Å²) in [5, 5.41) is 8.90. The molecule has 0 aliphatic heterocycles. The molecule has 1 aromatic heterocycles. The molecule has 2 rings (SSSR count). The molecule has 1 amide bonds. The summed E-state index contributed by atoms with van der Waals surface area (Å²) in [6.07, 6.45) is 4.31. The zero-order chi connectivity index (χ0) is 11.5. The third-order valence-electron chi connectivity index (χ3n) is 2.98. The van der Waals surface area contributed by atoms with Crippen LogP contribution in [0.3, 0.4) is 0 Å². The fourth-order valence-electron chi connectivity index (χ4n) is 1.93. The van der Waals surface area contributed by atoms with Crippen molar-refractivity contribution in [3.05, 3.63) is 24.0 Å². The largest absolute Gasteiger partial charge is 0.395 e. The SMILES string of the molecule is CCN(CCO)C(=O)c1cccn1C1CC1. The minimum atomic E-state index is 0.0176. The molecule has 1 saturated carbocycles. The highest BCUT2D eigenvalue weighted by molar-refractivity contribution is 5.92. The van der Waals surface area contributed by atoms with Crippen molar-refractivity contribution < 1.29 is 9.90 Å². The molecule has 1 aliphatic carbocycles. The molecule has 1 fully saturated rings. The van der Waals surface area contributed by atoms with Crippen molar-refractivity contribution in [2.24, 2.45) is 0 Å². The summed E-state index contributed by atoms with van der Waals surface area (Å²) in [5.74, 6) is 0.0217. The van der Waals surface area contributed by atoms with Crippen molar-refractivity contribution >= 4 is 5.91 Å². The van der Waals surface area contributed by atoms with Crippen molar-refractivity contribution in [3.8, 4) is 0 Å². The standard InChI is InChI=1S/C12H18N2O2/c1-2-13(8-9-15)12(16)11-4-3-7-14(11)10-5-6-10/h3-4,7,10,15H,2,5-6,8-9H2,1H3. The van der Waals surface area contributed by atoms with Crippen molar-refractivity contribution in [2.45, 2.75) is 25.8 Å². The fourth-order valence-corrected chi connectivity index (χ4v) is 1.93. The number of aliphatic hydroxyl groups excluding tert-OH is 1. The monoisotopic (exact) mass is 222 g/mol. The number of aromatic nitrogens is 1. The average Bonchev–Trinajstić information content (AvgIpc) is 3.03. The van der Waals surface area contributed by atoms with E-state index in [2.05, 4.69) is 4.57 Å². The number of hydrogen-bond donors (Lipinski definition) is 1. The van der Waals surface area contributed by atoms with Gasteiger partial charge in [-0.25, -0.2) is 0 Å². The summed E-state index contributed by atoms with van der Waals surface area (Å²) in [4.78, 5) is 13.8. The molecule has 0 bridgehead atoms. The van der Waals surface area contributed by atoms with E-state index < -0.39 is 0 Å². The van der Waals surface area contributed by atoms with Crippen LogP contribution in [-0.2, 0) is 0 Å². The molecule has 0 aromatic carbocycles. The Bertz CT molecular complexity index is 369. The Hall–Kier alpha value is -1.29. The molecular formula is C12H18N2O2. The molecule has 0 atom stereocenters. The normalized spacial score (nSPS) is 15.1. The number of carbonyl (C=O) groups is 1. The van der Waals surface area contributed by atoms with Crippen LogP contribution in [0.15, 0.2) is 18.3 Å². The number of rotatable bonds is 5. The third kappa shape index (κ3) is 2.11. The van der Waals surface area contributed by atoms with Crippen LogP contribution in [0.25, 0.3) is 0 Å². The predicted octanol–water partition coefficient (Wildman–Crippen LogP) is 1.28. The van der Waals surface area contributed by atoms with E-state index in [-0.39, 0.29) is 12.5 Å². The smallest absolute Gasteiger partial charge is 0.270 e. The number of likely N-dealkylation sites (N-methyl/N-ethyl adjacent to an activating group) is 1. The van der Waals surface area contributed by atoms with E-state index in [1.54, 1.807) is 4.90 Å². The summed E-state index contributed by atoms with van der Waals surface area (Å²) < 4.78 is 2.06. The first kappa shape index (κ1) is 11.2. The molecule has 1 heterocycles. The van der Waals surface area contributed by atoms with E-state index in [9.17, 15) is 4.79 Å². The van der Waals surface area contributed by atoms with Gasteiger partial charge in [-0.15, -0.1) is 0 Å². The second-order valence-corrected chi connectivity index (χ2v) is 4.14. The molecule has 0 spiro atoms. The van der Waals surface area contributed by atoms with Crippen LogP contribution in [0.4, 0.5) is 0 Å². The van der Waals surface area contributed by atoms with Crippen LogP contribution in [0.1, 0.15) is 36.3 Å². The van der Waals surface area contributed by atoms with Crippen molar-refractivity contribution in [3.63, 3.8) is 0 Å². The number of hydrogen-bond acceptors (Lipinski definition) is 2. The van der Waals surface area contributed by atoms with Gasteiger partial charge in [0.25, 0.3) is 5.91 Å². The Kier molecular flexibility index (Phi) is 3.29. The molecular weight excluding hydrogens is 204 g/mol. The molecule has 1 aliphatic rings. The first-order valence-electron chi connectivity index (χ1n) is 5.85. The highest BCUT2D eigenvalue weighted by atomic mass is 16.3. The first-order chi connectivity index (χ1) is 7.77. The number of nitrogens with zero attached hydrogens (tertiary/aromatic N) is 2. The lowest BCUT2D eigenvalue weighted by molar-refractivity contribution is 0.0721. The van der Waals surface area contributed by atoms with Gasteiger partial charge in [0.1, 0.15) is 5.69 Å². The Balaban J connectivity index is 2.15. The van der Waals surface area contributed by atoms with Gasteiger partial charge in [-0.2, -0.15) is 0 Å². The van der Waals surface area contributed by atoms with Crippen LogP contribution >= 0.6 is 0 Å². The van der Waals surface area contributed by atoms with Gasteiger partial charge in [-0.05, 0) is 31.9 Å². The maximum Gasteiger partial charge on any atom is 0.270 e. The molecule has 1 N–H and O–H groups in total.